The lowest BCUT2D eigenvalue weighted by Crippen LogP contribution is -1.92. The van der Waals surface area contributed by atoms with Gasteiger partial charge in [0, 0.05) is 18.3 Å². The average Bonchev–Trinajstić information content (AvgIpc) is 2.67. The maximum absolute atomic E-state index is 5.55. The highest BCUT2D eigenvalue weighted by Gasteiger charge is 2.01. The molecule has 0 saturated carbocycles. The quantitative estimate of drug-likeness (QED) is 0.777. The molecule has 0 saturated heterocycles. The summed E-state index contributed by atoms with van der Waals surface area (Å²) in [4.78, 5) is 4.22. The molecule has 0 radical (unpaired) electrons. The molecule has 0 fully saturated rings. The molecule has 14 heavy (non-hydrogen) atoms. The minimum Gasteiger partial charge on any atom is -0.397 e. The topological polar surface area (TPSA) is 56.7 Å². The standard InChI is InChI=1S/C10H12N4/c1-2-14-7-8(5-13-14)10-4-3-9(11)6-12-10/h3-7H,2,11H2,1H3. The first kappa shape index (κ1) is 8.74. The van der Waals surface area contributed by atoms with Crippen molar-refractivity contribution in [3.8, 4) is 11.3 Å². The Morgan fingerprint density at radius 2 is 2.21 bits per heavy atom. The number of aryl methyl sites for hydroxylation is 1. The highest BCUT2D eigenvalue weighted by molar-refractivity contribution is 5.58. The molecule has 2 heterocycles. The Hall–Kier alpha value is -1.84. The third kappa shape index (κ3) is 1.59. The molecule has 0 aliphatic heterocycles. The van der Waals surface area contributed by atoms with Gasteiger partial charge in [-0.05, 0) is 19.1 Å². The summed E-state index contributed by atoms with van der Waals surface area (Å²) < 4.78 is 1.87. The Morgan fingerprint density at radius 1 is 1.36 bits per heavy atom. The molecule has 2 aromatic rings. The van der Waals surface area contributed by atoms with Gasteiger partial charge in [-0.2, -0.15) is 5.10 Å². The summed E-state index contributed by atoms with van der Waals surface area (Å²) >= 11 is 0. The first-order valence-corrected chi connectivity index (χ1v) is 4.54. The maximum atomic E-state index is 5.55. The van der Waals surface area contributed by atoms with Gasteiger partial charge in [0.2, 0.25) is 0 Å². The first-order valence-electron chi connectivity index (χ1n) is 4.54. The van der Waals surface area contributed by atoms with Crippen LogP contribution in [-0.2, 0) is 6.54 Å². The lowest BCUT2D eigenvalue weighted by atomic mass is 10.2. The van der Waals surface area contributed by atoms with E-state index in [0.717, 1.165) is 17.8 Å². The van der Waals surface area contributed by atoms with Crippen molar-refractivity contribution in [3.63, 3.8) is 0 Å². The second kappa shape index (κ2) is 3.49. The van der Waals surface area contributed by atoms with E-state index in [1.54, 1.807) is 6.20 Å². The van der Waals surface area contributed by atoms with E-state index in [-0.39, 0.29) is 0 Å². The van der Waals surface area contributed by atoms with Gasteiger partial charge in [-0.25, -0.2) is 0 Å². The molecule has 0 spiro atoms. The number of anilines is 1. The number of nitrogen functional groups attached to an aromatic ring is 1. The van der Waals surface area contributed by atoms with Gasteiger partial charge >= 0.3 is 0 Å². The Labute approximate surface area is 82.4 Å². The summed E-state index contributed by atoms with van der Waals surface area (Å²) in [6.07, 6.45) is 5.43. The highest BCUT2D eigenvalue weighted by atomic mass is 15.3. The third-order valence-corrected chi connectivity index (χ3v) is 2.04. The SMILES string of the molecule is CCn1cc(-c2ccc(N)cn2)cn1. The Bertz CT molecular complexity index is 416. The zero-order valence-corrected chi connectivity index (χ0v) is 8.01. The second-order valence-electron chi connectivity index (χ2n) is 3.06. The van der Waals surface area contributed by atoms with Crippen molar-refractivity contribution in [1.82, 2.24) is 14.8 Å². The van der Waals surface area contributed by atoms with Gasteiger partial charge in [0.25, 0.3) is 0 Å². The van der Waals surface area contributed by atoms with Crippen molar-refractivity contribution >= 4 is 5.69 Å². The van der Waals surface area contributed by atoms with Crippen LogP contribution in [0.2, 0.25) is 0 Å². The minimum atomic E-state index is 0.677. The molecule has 4 nitrogen and oxygen atoms in total. The lowest BCUT2D eigenvalue weighted by molar-refractivity contribution is 0.660. The molecule has 0 atom stereocenters. The normalized spacial score (nSPS) is 10.4. The zero-order chi connectivity index (χ0) is 9.97. The van der Waals surface area contributed by atoms with E-state index in [0.29, 0.717) is 5.69 Å². The third-order valence-electron chi connectivity index (χ3n) is 2.04. The number of hydrogen-bond donors (Lipinski definition) is 1. The molecule has 0 amide bonds. The van der Waals surface area contributed by atoms with Gasteiger partial charge in [0.1, 0.15) is 0 Å². The van der Waals surface area contributed by atoms with Crippen molar-refractivity contribution in [2.24, 2.45) is 0 Å². The number of aromatic nitrogens is 3. The van der Waals surface area contributed by atoms with Crippen LogP contribution in [0.15, 0.2) is 30.7 Å². The first-order chi connectivity index (χ1) is 6.79. The van der Waals surface area contributed by atoms with Crippen LogP contribution in [0.4, 0.5) is 5.69 Å². The van der Waals surface area contributed by atoms with Gasteiger partial charge in [-0.1, -0.05) is 0 Å². The van der Waals surface area contributed by atoms with E-state index in [1.165, 1.54) is 0 Å². The zero-order valence-electron chi connectivity index (χ0n) is 8.01. The fraction of sp³-hybridized carbons (Fsp3) is 0.200. The Morgan fingerprint density at radius 3 is 2.79 bits per heavy atom. The van der Waals surface area contributed by atoms with E-state index in [4.69, 9.17) is 5.73 Å². The average molecular weight is 188 g/mol. The smallest absolute Gasteiger partial charge is 0.0735 e. The summed E-state index contributed by atoms with van der Waals surface area (Å²) in [5.41, 5.74) is 8.15. The van der Waals surface area contributed by atoms with Crippen LogP contribution in [0.25, 0.3) is 11.3 Å². The van der Waals surface area contributed by atoms with Crippen LogP contribution in [-0.4, -0.2) is 14.8 Å². The summed E-state index contributed by atoms with van der Waals surface area (Å²) in [6.45, 7) is 2.92. The summed E-state index contributed by atoms with van der Waals surface area (Å²) in [5.74, 6) is 0. The summed E-state index contributed by atoms with van der Waals surface area (Å²) in [6, 6.07) is 3.73. The van der Waals surface area contributed by atoms with Gasteiger partial charge in [-0.3, -0.25) is 9.67 Å². The number of nitrogens with two attached hydrogens (primary N) is 1. The van der Waals surface area contributed by atoms with Gasteiger partial charge in [0.05, 0.1) is 23.8 Å². The molecule has 4 heteroatoms. The van der Waals surface area contributed by atoms with Crippen LogP contribution in [0.3, 0.4) is 0 Å². The fourth-order valence-electron chi connectivity index (χ4n) is 1.24. The van der Waals surface area contributed by atoms with Crippen LogP contribution >= 0.6 is 0 Å². The predicted molar refractivity (Wildman–Crippen MR) is 55.5 cm³/mol. The van der Waals surface area contributed by atoms with Crippen molar-refractivity contribution in [1.29, 1.82) is 0 Å². The highest BCUT2D eigenvalue weighted by Crippen LogP contribution is 2.16. The molecule has 2 N–H and O–H groups in total. The predicted octanol–water partition coefficient (Wildman–Crippen LogP) is 1.55. The Kier molecular flexibility index (Phi) is 2.18. The van der Waals surface area contributed by atoms with Crippen LogP contribution in [0.5, 0.6) is 0 Å². The van der Waals surface area contributed by atoms with Gasteiger partial charge in [-0.15, -0.1) is 0 Å². The van der Waals surface area contributed by atoms with E-state index in [1.807, 2.05) is 36.1 Å². The van der Waals surface area contributed by atoms with Gasteiger partial charge < -0.3 is 5.73 Å². The van der Waals surface area contributed by atoms with Crippen molar-refractivity contribution in [3.05, 3.63) is 30.7 Å². The number of rotatable bonds is 2. The number of nitrogens with zero attached hydrogens (tertiary/aromatic N) is 3. The molecule has 2 rings (SSSR count). The van der Waals surface area contributed by atoms with E-state index >= 15 is 0 Å². The van der Waals surface area contributed by atoms with Crippen molar-refractivity contribution < 1.29 is 0 Å². The van der Waals surface area contributed by atoms with Crippen molar-refractivity contribution in [2.75, 3.05) is 5.73 Å². The second-order valence-corrected chi connectivity index (χ2v) is 3.06. The van der Waals surface area contributed by atoms with Crippen LogP contribution < -0.4 is 5.73 Å². The van der Waals surface area contributed by atoms with Crippen LogP contribution in [0.1, 0.15) is 6.92 Å². The number of pyridine rings is 1. The number of hydrogen-bond acceptors (Lipinski definition) is 3. The maximum Gasteiger partial charge on any atom is 0.0735 e. The molecular weight excluding hydrogens is 176 g/mol. The molecular formula is C10H12N4. The van der Waals surface area contributed by atoms with E-state index < -0.39 is 0 Å². The molecule has 72 valence electrons. The molecule has 2 aromatic heterocycles. The molecule has 0 aliphatic rings. The molecule has 0 bridgehead atoms. The fourth-order valence-corrected chi connectivity index (χ4v) is 1.24. The molecule has 0 aliphatic carbocycles. The van der Waals surface area contributed by atoms with E-state index in [2.05, 4.69) is 10.1 Å². The minimum absolute atomic E-state index is 0.677. The molecule has 0 aromatic carbocycles. The van der Waals surface area contributed by atoms with Crippen molar-refractivity contribution in [2.45, 2.75) is 13.5 Å². The van der Waals surface area contributed by atoms with Crippen LogP contribution in [0, 0.1) is 0 Å². The van der Waals surface area contributed by atoms with E-state index in [9.17, 15) is 0 Å². The summed E-state index contributed by atoms with van der Waals surface area (Å²) in [7, 11) is 0. The Balaban J connectivity index is 2.34. The lowest BCUT2D eigenvalue weighted by Gasteiger charge is -1.96. The molecule has 0 unspecified atom stereocenters. The summed E-state index contributed by atoms with van der Waals surface area (Å²) in [5, 5.41) is 4.18. The monoisotopic (exact) mass is 188 g/mol. The van der Waals surface area contributed by atoms with Gasteiger partial charge in [0.15, 0.2) is 0 Å². The largest absolute Gasteiger partial charge is 0.397 e.